The molecule has 118 valence electrons. The molecule has 0 spiro atoms. The molecule has 0 amide bonds. The number of rotatable bonds is 5. The second-order valence-corrected chi connectivity index (χ2v) is 6.21. The molecule has 0 aliphatic carbocycles. The minimum atomic E-state index is 0.647. The number of hydrogen-bond donors (Lipinski definition) is 1. The average Bonchev–Trinajstić information content (AvgIpc) is 2.99. The highest BCUT2D eigenvalue weighted by molar-refractivity contribution is 5.55. The zero-order chi connectivity index (χ0) is 15.4. The van der Waals surface area contributed by atoms with Crippen molar-refractivity contribution in [2.75, 3.05) is 19.6 Å². The second-order valence-electron chi connectivity index (χ2n) is 6.21. The van der Waals surface area contributed by atoms with Crippen molar-refractivity contribution < 1.29 is 4.52 Å². The Hall–Kier alpha value is -1.72. The molecule has 1 aromatic carbocycles. The van der Waals surface area contributed by atoms with Crippen LogP contribution in [0.15, 0.2) is 28.8 Å². The Morgan fingerprint density at radius 3 is 2.91 bits per heavy atom. The minimum absolute atomic E-state index is 0.647. The number of likely N-dealkylation sites (tertiary alicyclic amines) is 1. The van der Waals surface area contributed by atoms with Crippen LogP contribution in [0, 0.1) is 5.92 Å². The zero-order valence-corrected chi connectivity index (χ0v) is 13.2. The summed E-state index contributed by atoms with van der Waals surface area (Å²) >= 11 is 0. The molecule has 1 aliphatic heterocycles. The molecule has 0 unspecified atom stereocenters. The van der Waals surface area contributed by atoms with Gasteiger partial charge in [0.25, 0.3) is 0 Å². The van der Waals surface area contributed by atoms with Crippen molar-refractivity contribution in [3.63, 3.8) is 0 Å². The third kappa shape index (κ3) is 3.72. The highest BCUT2D eigenvalue weighted by Crippen LogP contribution is 2.20. The first-order chi connectivity index (χ1) is 10.7. The summed E-state index contributed by atoms with van der Waals surface area (Å²) < 4.78 is 5.42. The van der Waals surface area contributed by atoms with Gasteiger partial charge < -0.3 is 10.3 Å². The Morgan fingerprint density at radius 1 is 1.32 bits per heavy atom. The lowest BCUT2D eigenvalue weighted by molar-refractivity contribution is 0.165. The quantitative estimate of drug-likeness (QED) is 0.918. The summed E-state index contributed by atoms with van der Waals surface area (Å²) in [4.78, 5) is 6.94. The van der Waals surface area contributed by atoms with Crippen LogP contribution in [0.25, 0.3) is 11.4 Å². The molecule has 0 bridgehead atoms. The third-order valence-corrected chi connectivity index (χ3v) is 4.32. The number of aromatic nitrogens is 2. The van der Waals surface area contributed by atoms with Crippen molar-refractivity contribution in [2.24, 2.45) is 11.7 Å². The number of piperidine rings is 1. The van der Waals surface area contributed by atoms with Crippen LogP contribution < -0.4 is 5.73 Å². The van der Waals surface area contributed by atoms with Gasteiger partial charge in [-0.1, -0.05) is 30.3 Å². The molecule has 22 heavy (non-hydrogen) atoms. The van der Waals surface area contributed by atoms with Crippen LogP contribution in [0.1, 0.15) is 31.2 Å². The van der Waals surface area contributed by atoms with Gasteiger partial charge in [0.2, 0.25) is 11.7 Å². The molecule has 0 saturated carbocycles. The van der Waals surface area contributed by atoms with Crippen molar-refractivity contribution >= 4 is 0 Å². The molecule has 2 heterocycles. The summed E-state index contributed by atoms with van der Waals surface area (Å²) in [7, 11) is 0. The number of nitrogens with two attached hydrogens (primary N) is 1. The largest absolute Gasteiger partial charge is 0.338 e. The van der Waals surface area contributed by atoms with E-state index >= 15 is 0 Å². The van der Waals surface area contributed by atoms with Crippen molar-refractivity contribution in [1.82, 2.24) is 15.0 Å². The summed E-state index contributed by atoms with van der Waals surface area (Å²) in [5.41, 5.74) is 7.81. The lowest BCUT2D eigenvalue weighted by Gasteiger charge is -2.28. The van der Waals surface area contributed by atoms with E-state index in [2.05, 4.69) is 34.1 Å². The van der Waals surface area contributed by atoms with Crippen LogP contribution >= 0.6 is 0 Å². The Kier molecular flexibility index (Phi) is 4.85. The van der Waals surface area contributed by atoms with E-state index in [4.69, 9.17) is 10.3 Å². The summed E-state index contributed by atoms with van der Waals surface area (Å²) in [6.07, 6.45) is 3.37. The fourth-order valence-electron chi connectivity index (χ4n) is 2.88. The predicted molar refractivity (Wildman–Crippen MR) is 86.2 cm³/mol. The molecule has 5 heteroatoms. The molecule has 1 aromatic heterocycles. The van der Waals surface area contributed by atoms with Crippen LogP contribution in [0.2, 0.25) is 0 Å². The zero-order valence-electron chi connectivity index (χ0n) is 13.2. The molecule has 1 fully saturated rings. The van der Waals surface area contributed by atoms with Crippen molar-refractivity contribution in [3.8, 4) is 11.4 Å². The monoisotopic (exact) mass is 300 g/mol. The predicted octanol–water partition coefficient (Wildman–Crippen LogP) is 2.47. The standard InChI is InChI=1S/C17H24N4O/c1-13-6-9-21(10-7-13)12-16-19-17(20-22-16)15-4-2-3-14(11-15)5-8-18/h2-4,11,13H,5-10,12,18H2,1H3. The molecule has 5 nitrogen and oxygen atoms in total. The van der Waals surface area contributed by atoms with Crippen LogP contribution in [0.5, 0.6) is 0 Å². The fourth-order valence-corrected chi connectivity index (χ4v) is 2.88. The molecule has 1 saturated heterocycles. The van der Waals surface area contributed by atoms with E-state index < -0.39 is 0 Å². The van der Waals surface area contributed by atoms with Gasteiger partial charge in [0, 0.05) is 5.56 Å². The Morgan fingerprint density at radius 2 is 2.14 bits per heavy atom. The number of nitrogens with zero attached hydrogens (tertiary/aromatic N) is 3. The lowest BCUT2D eigenvalue weighted by atomic mass is 9.99. The van der Waals surface area contributed by atoms with E-state index in [1.165, 1.54) is 18.4 Å². The molecule has 2 N–H and O–H groups in total. The van der Waals surface area contributed by atoms with Crippen molar-refractivity contribution in [1.29, 1.82) is 0 Å². The maximum atomic E-state index is 5.61. The van der Waals surface area contributed by atoms with E-state index in [0.29, 0.717) is 18.3 Å². The van der Waals surface area contributed by atoms with Gasteiger partial charge in [-0.15, -0.1) is 0 Å². The van der Waals surface area contributed by atoms with Gasteiger partial charge in [-0.05, 0) is 56.4 Å². The Bertz CT molecular complexity index is 602. The van der Waals surface area contributed by atoms with E-state index in [0.717, 1.165) is 37.5 Å². The van der Waals surface area contributed by atoms with E-state index in [1.54, 1.807) is 0 Å². The molecule has 0 radical (unpaired) electrons. The molecular formula is C17H24N4O. The third-order valence-electron chi connectivity index (χ3n) is 4.32. The molecular weight excluding hydrogens is 276 g/mol. The summed E-state index contributed by atoms with van der Waals surface area (Å²) in [5.74, 6) is 2.20. The van der Waals surface area contributed by atoms with Gasteiger partial charge in [-0.2, -0.15) is 4.98 Å². The van der Waals surface area contributed by atoms with Crippen LogP contribution in [0.4, 0.5) is 0 Å². The Balaban J connectivity index is 1.67. The van der Waals surface area contributed by atoms with Gasteiger partial charge in [0.05, 0.1) is 6.54 Å². The Labute approximate surface area is 131 Å². The van der Waals surface area contributed by atoms with Gasteiger partial charge >= 0.3 is 0 Å². The van der Waals surface area contributed by atoms with E-state index in [9.17, 15) is 0 Å². The van der Waals surface area contributed by atoms with E-state index in [-0.39, 0.29) is 0 Å². The molecule has 1 aliphatic rings. The molecule has 3 rings (SSSR count). The maximum Gasteiger partial charge on any atom is 0.241 e. The van der Waals surface area contributed by atoms with E-state index in [1.807, 2.05) is 12.1 Å². The molecule has 2 aromatic rings. The smallest absolute Gasteiger partial charge is 0.241 e. The molecule has 0 atom stereocenters. The number of benzene rings is 1. The summed E-state index contributed by atoms with van der Waals surface area (Å²) in [5, 5.41) is 4.12. The lowest BCUT2D eigenvalue weighted by Crippen LogP contribution is -2.32. The van der Waals surface area contributed by atoms with Gasteiger partial charge in [0.15, 0.2) is 0 Å². The SMILES string of the molecule is CC1CCN(Cc2nc(-c3cccc(CCN)c3)no2)CC1. The first-order valence-electron chi connectivity index (χ1n) is 8.09. The first-order valence-corrected chi connectivity index (χ1v) is 8.09. The first kappa shape index (κ1) is 15.2. The van der Waals surface area contributed by atoms with Crippen LogP contribution in [-0.2, 0) is 13.0 Å². The van der Waals surface area contributed by atoms with Gasteiger partial charge in [-0.3, -0.25) is 4.90 Å². The van der Waals surface area contributed by atoms with Crippen LogP contribution in [0.3, 0.4) is 0 Å². The van der Waals surface area contributed by atoms with Gasteiger partial charge in [-0.25, -0.2) is 0 Å². The highest BCUT2D eigenvalue weighted by atomic mass is 16.5. The maximum absolute atomic E-state index is 5.61. The summed E-state index contributed by atoms with van der Waals surface area (Å²) in [6, 6.07) is 8.19. The van der Waals surface area contributed by atoms with Gasteiger partial charge in [0.1, 0.15) is 0 Å². The topological polar surface area (TPSA) is 68.2 Å². The van der Waals surface area contributed by atoms with Crippen molar-refractivity contribution in [3.05, 3.63) is 35.7 Å². The second kappa shape index (κ2) is 7.03. The number of hydrogen-bond acceptors (Lipinski definition) is 5. The minimum Gasteiger partial charge on any atom is -0.338 e. The average molecular weight is 300 g/mol. The highest BCUT2D eigenvalue weighted by Gasteiger charge is 2.18. The van der Waals surface area contributed by atoms with Crippen LogP contribution in [-0.4, -0.2) is 34.7 Å². The summed E-state index contributed by atoms with van der Waals surface area (Å²) in [6.45, 7) is 5.95. The van der Waals surface area contributed by atoms with Crippen molar-refractivity contribution in [2.45, 2.75) is 32.7 Å². The fraction of sp³-hybridized carbons (Fsp3) is 0.529. The normalized spacial score (nSPS) is 17.0.